The van der Waals surface area contributed by atoms with E-state index < -0.39 is 0 Å². The summed E-state index contributed by atoms with van der Waals surface area (Å²) in [4.78, 5) is 8.61. The minimum atomic E-state index is 0.752. The van der Waals surface area contributed by atoms with Crippen molar-refractivity contribution in [3.8, 4) is 0 Å². The molecule has 4 heteroatoms. The topological polar surface area (TPSA) is 49.8 Å². The standard InChI is InChI=1S/C14H18N4/c1-4-16-13-8-15-9-14(18-13)17-12-7-10(2)5-6-11(12)3/h5-9H,4H2,1-3H3,(H2,16,17,18). The van der Waals surface area contributed by atoms with Gasteiger partial charge in [-0.15, -0.1) is 0 Å². The molecular weight excluding hydrogens is 224 g/mol. The molecular formula is C14H18N4. The van der Waals surface area contributed by atoms with Crippen molar-refractivity contribution in [1.29, 1.82) is 0 Å². The van der Waals surface area contributed by atoms with Gasteiger partial charge in [-0.25, -0.2) is 4.98 Å². The molecule has 0 bridgehead atoms. The SMILES string of the molecule is CCNc1cncc(Nc2cc(C)ccc2C)n1. The molecule has 0 atom stereocenters. The van der Waals surface area contributed by atoms with Crippen LogP contribution in [0.4, 0.5) is 17.3 Å². The first-order chi connectivity index (χ1) is 8.69. The van der Waals surface area contributed by atoms with E-state index in [1.54, 1.807) is 12.4 Å². The summed E-state index contributed by atoms with van der Waals surface area (Å²) in [6.07, 6.45) is 3.44. The van der Waals surface area contributed by atoms with Gasteiger partial charge in [-0.2, -0.15) is 0 Å². The minimum Gasteiger partial charge on any atom is -0.369 e. The Morgan fingerprint density at radius 3 is 2.67 bits per heavy atom. The maximum atomic E-state index is 4.44. The monoisotopic (exact) mass is 242 g/mol. The molecule has 0 aliphatic rings. The lowest BCUT2D eigenvalue weighted by molar-refractivity contribution is 1.12. The molecule has 1 aromatic carbocycles. The second-order valence-corrected chi connectivity index (χ2v) is 4.26. The largest absolute Gasteiger partial charge is 0.369 e. The number of aromatic nitrogens is 2. The highest BCUT2D eigenvalue weighted by Crippen LogP contribution is 2.20. The van der Waals surface area contributed by atoms with E-state index in [1.165, 1.54) is 11.1 Å². The molecule has 94 valence electrons. The lowest BCUT2D eigenvalue weighted by Crippen LogP contribution is -2.03. The number of benzene rings is 1. The molecule has 0 fully saturated rings. The van der Waals surface area contributed by atoms with Crippen LogP contribution in [0, 0.1) is 13.8 Å². The molecule has 18 heavy (non-hydrogen) atoms. The summed E-state index contributed by atoms with van der Waals surface area (Å²) in [7, 11) is 0. The van der Waals surface area contributed by atoms with Gasteiger partial charge in [-0.05, 0) is 38.0 Å². The number of hydrogen-bond acceptors (Lipinski definition) is 4. The van der Waals surface area contributed by atoms with Crippen molar-refractivity contribution in [3.63, 3.8) is 0 Å². The van der Waals surface area contributed by atoms with Crippen LogP contribution in [-0.2, 0) is 0 Å². The summed E-state index contributed by atoms with van der Waals surface area (Å²) in [5, 5.41) is 6.44. The smallest absolute Gasteiger partial charge is 0.151 e. The van der Waals surface area contributed by atoms with Crippen molar-refractivity contribution in [3.05, 3.63) is 41.7 Å². The predicted molar refractivity (Wildman–Crippen MR) is 75.4 cm³/mol. The molecule has 0 aliphatic heterocycles. The summed E-state index contributed by atoms with van der Waals surface area (Å²) < 4.78 is 0. The van der Waals surface area contributed by atoms with E-state index in [-0.39, 0.29) is 0 Å². The van der Waals surface area contributed by atoms with E-state index in [1.807, 2.05) is 6.92 Å². The van der Waals surface area contributed by atoms with Gasteiger partial charge in [0, 0.05) is 12.2 Å². The Hall–Kier alpha value is -2.10. The fourth-order valence-corrected chi connectivity index (χ4v) is 1.70. The third kappa shape index (κ3) is 2.97. The normalized spacial score (nSPS) is 10.2. The predicted octanol–water partition coefficient (Wildman–Crippen LogP) is 3.27. The second-order valence-electron chi connectivity index (χ2n) is 4.26. The lowest BCUT2D eigenvalue weighted by Gasteiger charge is -2.10. The highest BCUT2D eigenvalue weighted by molar-refractivity contribution is 5.61. The van der Waals surface area contributed by atoms with Gasteiger partial charge in [0.05, 0.1) is 12.4 Å². The van der Waals surface area contributed by atoms with E-state index in [0.717, 1.165) is 23.9 Å². The molecule has 0 radical (unpaired) electrons. The summed E-state index contributed by atoms with van der Waals surface area (Å²) in [5.41, 5.74) is 3.48. The molecule has 0 saturated heterocycles. The van der Waals surface area contributed by atoms with Crippen LogP contribution in [0.1, 0.15) is 18.1 Å². The molecule has 0 amide bonds. The summed E-state index contributed by atoms with van der Waals surface area (Å²) >= 11 is 0. The maximum absolute atomic E-state index is 4.44. The fourth-order valence-electron chi connectivity index (χ4n) is 1.70. The zero-order valence-corrected chi connectivity index (χ0v) is 11.0. The first kappa shape index (κ1) is 12.4. The van der Waals surface area contributed by atoms with Gasteiger partial charge in [-0.3, -0.25) is 4.98 Å². The van der Waals surface area contributed by atoms with Crippen LogP contribution in [0.15, 0.2) is 30.6 Å². The Balaban J connectivity index is 2.22. The van der Waals surface area contributed by atoms with Crippen molar-refractivity contribution < 1.29 is 0 Å². The Bertz CT molecular complexity index is 537. The molecule has 1 aromatic heterocycles. The van der Waals surface area contributed by atoms with Gasteiger partial charge in [0.25, 0.3) is 0 Å². The van der Waals surface area contributed by atoms with Crippen LogP contribution in [0.3, 0.4) is 0 Å². The van der Waals surface area contributed by atoms with E-state index in [2.05, 4.69) is 52.6 Å². The van der Waals surface area contributed by atoms with Crippen LogP contribution >= 0.6 is 0 Å². The number of nitrogens with one attached hydrogen (secondary N) is 2. The van der Waals surface area contributed by atoms with Crippen molar-refractivity contribution in [2.45, 2.75) is 20.8 Å². The first-order valence-corrected chi connectivity index (χ1v) is 6.09. The van der Waals surface area contributed by atoms with Crippen molar-refractivity contribution in [1.82, 2.24) is 9.97 Å². The van der Waals surface area contributed by atoms with E-state index >= 15 is 0 Å². The van der Waals surface area contributed by atoms with Gasteiger partial charge in [0.15, 0.2) is 5.82 Å². The highest BCUT2D eigenvalue weighted by atomic mass is 15.1. The molecule has 0 unspecified atom stereocenters. The highest BCUT2D eigenvalue weighted by Gasteiger charge is 2.02. The van der Waals surface area contributed by atoms with E-state index in [9.17, 15) is 0 Å². The number of anilines is 3. The lowest BCUT2D eigenvalue weighted by atomic mass is 10.1. The zero-order chi connectivity index (χ0) is 13.0. The van der Waals surface area contributed by atoms with Crippen molar-refractivity contribution >= 4 is 17.3 Å². The zero-order valence-electron chi connectivity index (χ0n) is 11.0. The Morgan fingerprint density at radius 1 is 1.11 bits per heavy atom. The van der Waals surface area contributed by atoms with Crippen LogP contribution < -0.4 is 10.6 Å². The Morgan fingerprint density at radius 2 is 1.89 bits per heavy atom. The molecule has 0 saturated carbocycles. The number of hydrogen-bond donors (Lipinski definition) is 2. The molecule has 2 N–H and O–H groups in total. The second kappa shape index (κ2) is 5.49. The number of nitrogens with zero attached hydrogens (tertiary/aromatic N) is 2. The molecule has 2 rings (SSSR count). The summed E-state index contributed by atoms with van der Waals surface area (Å²) in [5.74, 6) is 1.54. The molecule has 0 aliphatic carbocycles. The van der Waals surface area contributed by atoms with Gasteiger partial charge >= 0.3 is 0 Å². The quantitative estimate of drug-likeness (QED) is 0.864. The van der Waals surface area contributed by atoms with Gasteiger partial charge in [0.2, 0.25) is 0 Å². The average molecular weight is 242 g/mol. The molecule has 2 aromatic rings. The van der Waals surface area contributed by atoms with Crippen molar-refractivity contribution in [2.24, 2.45) is 0 Å². The van der Waals surface area contributed by atoms with Crippen LogP contribution in [0.5, 0.6) is 0 Å². The molecule has 1 heterocycles. The Kier molecular flexibility index (Phi) is 3.77. The van der Waals surface area contributed by atoms with Crippen LogP contribution in [0.2, 0.25) is 0 Å². The average Bonchev–Trinajstić information content (AvgIpc) is 2.35. The maximum Gasteiger partial charge on any atom is 0.151 e. The fraction of sp³-hybridized carbons (Fsp3) is 0.286. The van der Waals surface area contributed by atoms with Crippen LogP contribution in [-0.4, -0.2) is 16.5 Å². The molecule has 4 nitrogen and oxygen atoms in total. The van der Waals surface area contributed by atoms with Gasteiger partial charge in [-0.1, -0.05) is 12.1 Å². The molecule has 0 spiro atoms. The van der Waals surface area contributed by atoms with Crippen molar-refractivity contribution in [2.75, 3.05) is 17.2 Å². The Labute approximate surface area is 107 Å². The third-order valence-corrected chi connectivity index (χ3v) is 2.65. The van der Waals surface area contributed by atoms with Gasteiger partial charge < -0.3 is 10.6 Å². The van der Waals surface area contributed by atoms with E-state index in [0.29, 0.717) is 0 Å². The van der Waals surface area contributed by atoms with Crippen LogP contribution in [0.25, 0.3) is 0 Å². The first-order valence-electron chi connectivity index (χ1n) is 6.09. The minimum absolute atomic E-state index is 0.752. The number of rotatable bonds is 4. The van der Waals surface area contributed by atoms with E-state index in [4.69, 9.17) is 0 Å². The third-order valence-electron chi connectivity index (χ3n) is 2.65. The number of aryl methyl sites for hydroxylation is 2. The summed E-state index contributed by atoms with van der Waals surface area (Å²) in [6.45, 7) is 7.02. The summed E-state index contributed by atoms with van der Waals surface area (Å²) in [6, 6.07) is 6.30. The van der Waals surface area contributed by atoms with Gasteiger partial charge in [0.1, 0.15) is 5.82 Å².